The first-order valence-corrected chi connectivity index (χ1v) is 15.2. The Morgan fingerprint density at radius 3 is 2.16 bits per heavy atom. The molecular formula is C34H39ClN4O4. The van der Waals surface area contributed by atoms with Crippen molar-refractivity contribution in [2.45, 2.75) is 57.8 Å². The van der Waals surface area contributed by atoms with Crippen LogP contribution in [0.1, 0.15) is 37.5 Å². The number of anilines is 1. The van der Waals surface area contributed by atoms with Crippen LogP contribution in [0.3, 0.4) is 0 Å². The largest absolute Gasteiger partial charge is 0.444 e. The van der Waals surface area contributed by atoms with E-state index in [4.69, 9.17) is 16.3 Å². The van der Waals surface area contributed by atoms with Gasteiger partial charge in [0.1, 0.15) is 17.7 Å². The van der Waals surface area contributed by atoms with Gasteiger partial charge in [0.25, 0.3) is 0 Å². The monoisotopic (exact) mass is 602 g/mol. The molecule has 8 nitrogen and oxygen atoms in total. The number of halogens is 1. The fraction of sp³-hybridized carbons (Fsp3) is 0.382. The molecule has 226 valence electrons. The van der Waals surface area contributed by atoms with Gasteiger partial charge in [0.2, 0.25) is 11.8 Å². The van der Waals surface area contributed by atoms with Crippen LogP contribution in [-0.2, 0) is 33.7 Å². The smallest absolute Gasteiger partial charge is 0.411 e. The van der Waals surface area contributed by atoms with Crippen LogP contribution in [0.4, 0.5) is 10.5 Å². The van der Waals surface area contributed by atoms with Crippen LogP contribution in [0.25, 0.3) is 0 Å². The standard InChI is InChI=1S/C34H39ClN4O4/c1-34(2,3)43-33(42)39-23-26-10-8-7-9-25(26)22-30(39)31(40)36-29(21-24-13-15-27(35)16-14-24)32(41)38-19-17-37(18-20-38)28-11-5-4-6-12-28/h4-16,29-30H,17-23H2,1-3H3,(H,36,40)/t29-,30-/m1/s1. The van der Waals surface area contributed by atoms with Gasteiger partial charge in [-0.15, -0.1) is 0 Å². The summed E-state index contributed by atoms with van der Waals surface area (Å²) in [6, 6.07) is 23.6. The maximum atomic E-state index is 14.0. The zero-order valence-electron chi connectivity index (χ0n) is 25.0. The molecule has 0 unspecified atom stereocenters. The second kappa shape index (κ2) is 13.1. The van der Waals surface area contributed by atoms with Gasteiger partial charge in [-0.25, -0.2) is 4.79 Å². The van der Waals surface area contributed by atoms with Crippen molar-refractivity contribution < 1.29 is 19.1 Å². The number of rotatable bonds is 6. The molecule has 0 spiro atoms. The first kappa shape index (κ1) is 30.4. The van der Waals surface area contributed by atoms with E-state index in [0.29, 0.717) is 44.0 Å². The highest BCUT2D eigenvalue weighted by molar-refractivity contribution is 6.30. The molecule has 3 aromatic carbocycles. The third-order valence-electron chi connectivity index (χ3n) is 7.86. The Kier molecular flexibility index (Phi) is 9.25. The average molecular weight is 603 g/mol. The summed E-state index contributed by atoms with van der Waals surface area (Å²) in [6.45, 7) is 8.14. The molecule has 1 saturated heterocycles. The number of carbonyl (C=O) groups excluding carboxylic acids is 3. The van der Waals surface area contributed by atoms with Gasteiger partial charge in [0, 0.05) is 49.7 Å². The van der Waals surface area contributed by atoms with Crippen LogP contribution < -0.4 is 10.2 Å². The minimum atomic E-state index is -0.819. The summed E-state index contributed by atoms with van der Waals surface area (Å²) in [6.07, 6.45) is 0.0784. The number of hydrogen-bond donors (Lipinski definition) is 1. The summed E-state index contributed by atoms with van der Waals surface area (Å²) in [5.74, 6) is -0.522. The Morgan fingerprint density at radius 2 is 1.51 bits per heavy atom. The molecule has 0 bridgehead atoms. The van der Waals surface area contributed by atoms with E-state index in [0.717, 1.165) is 22.4 Å². The highest BCUT2D eigenvalue weighted by Crippen LogP contribution is 2.26. The molecule has 0 aromatic heterocycles. The van der Waals surface area contributed by atoms with Crippen molar-refractivity contribution in [2.75, 3.05) is 31.1 Å². The van der Waals surface area contributed by atoms with E-state index in [1.165, 1.54) is 4.90 Å². The number of ether oxygens (including phenoxy) is 1. The number of hydrogen-bond acceptors (Lipinski definition) is 5. The second-order valence-electron chi connectivity index (χ2n) is 12.1. The topological polar surface area (TPSA) is 82.2 Å². The summed E-state index contributed by atoms with van der Waals surface area (Å²) >= 11 is 6.12. The van der Waals surface area contributed by atoms with Crippen LogP contribution in [0.2, 0.25) is 5.02 Å². The number of benzene rings is 3. The van der Waals surface area contributed by atoms with Crippen molar-refractivity contribution in [3.63, 3.8) is 0 Å². The van der Waals surface area contributed by atoms with Crippen molar-refractivity contribution >= 4 is 35.2 Å². The molecule has 2 aliphatic heterocycles. The number of piperazine rings is 1. The molecule has 9 heteroatoms. The molecule has 3 aromatic rings. The van der Waals surface area contributed by atoms with Gasteiger partial charge in [0.15, 0.2) is 0 Å². The van der Waals surface area contributed by atoms with Crippen molar-refractivity contribution in [3.8, 4) is 0 Å². The van der Waals surface area contributed by atoms with Crippen LogP contribution in [-0.4, -0.2) is 71.6 Å². The fourth-order valence-corrected chi connectivity index (χ4v) is 5.76. The van der Waals surface area contributed by atoms with E-state index < -0.39 is 23.8 Å². The van der Waals surface area contributed by atoms with Gasteiger partial charge in [-0.3, -0.25) is 14.5 Å². The minimum Gasteiger partial charge on any atom is -0.444 e. The summed E-state index contributed by atoms with van der Waals surface area (Å²) < 4.78 is 5.69. The van der Waals surface area contributed by atoms with Gasteiger partial charge in [-0.2, -0.15) is 0 Å². The summed E-state index contributed by atoms with van der Waals surface area (Å²) in [5, 5.41) is 3.64. The van der Waals surface area contributed by atoms with Gasteiger partial charge < -0.3 is 19.9 Å². The first-order valence-electron chi connectivity index (χ1n) is 14.8. The minimum absolute atomic E-state index is 0.143. The number of carbonyl (C=O) groups is 3. The number of nitrogens with zero attached hydrogens (tertiary/aromatic N) is 3. The summed E-state index contributed by atoms with van der Waals surface area (Å²) in [4.78, 5) is 46.9. The lowest BCUT2D eigenvalue weighted by Crippen LogP contribution is -2.59. The Bertz CT molecular complexity index is 1430. The molecule has 0 aliphatic carbocycles. The van der Waals surface area contributed by atoms with E-state index in [-0.39, 0.29) is 18.4 Å². The number of amides is 3. The first-order chi connectivity index (χ1) is 20.6. The molecule has 0 saturated carbocycles. The molecule has 1 N–H and O–H groups in total. The normalized spacial score (nSPS) is 17.6. The molecule has 2 heterocycles. The third kappa shape index (κ3) is 7.68. The Morgan fingerprint density at radius 1 is 0.884 bits per heavy atom. The lowest BCUT2D eigenvalue weighted by atomic mass is 9.93. The summed E-state index contributed by atoms with van der Waals surface area (Å²) in [7, 11) is 0. The van der Waals surface area contributed by atoms with Gasteiger partial charge in [-0.05, 0) is 61.7 Å². The second-order valence-corrected chi connectivity index (χ2v) is 12.6. The number of nitrogens with one attached hydrogen (secondary N) is 1. The van der Waals surface area contributed by atoms with Crippen molar-refractivity contribution in [1.82, 2.24) is 15.1 Å². The van der Waals surface area contributed by atoms with E-state index in [1.807, 2.05) is 59.5 Å². The number of para-hydroxylation sites is 1. The van der Waals surface area contributed by atoms with Crippen molar-refractivity contribution in [3.05, 3.63) is 101 Å². The van der Waals surface area contributed by atoms with Gasteiger partial charge >= 0.3 is 6.09 Å². The van der Waals surface area contributed by atoms with E-state index in [1.54, 1.807) is 32.9 Å². The van der Waals surface area contributed by atoms with Crippen LogP contribution in [0, 0.1) is 0 Å². The molecule has 43 heavy (non-hydrogen) atoms. The molecule has 2 atom stereocenters. The van der Waals surface area contributed by atoms with Gasteiger partial charge in [-0.1, -0.05) is 66.2 Å². The molecule has 0 radical (unpaired) electrons. The third-order valence-corrected chi connectivity index (χ3v) is 8.11. The lowest BCUT2D eigenvalue weighted by Gasteiger charge is -2.39. The molecule has 1 fully saturated rings. The van der Waals surface area contributed by atoms with E-state index in [2.05, 4.69) is 22.3 Å². The van der Waals surface area contributed by atoms with Crippen molar-refractivity contribution in [1.29, 1.82) is 0 Å². The SMILES string of the molecule is CC(C)(C)OC(=O)N1Cc2ccccc2C[C@@H]1C(=O)N[C@H](Cc1ccc(Cl)cc1)C(=O)N1CCN(c2ccccc2)CC1. The molecule has 2 aliphatic rings. The highest BCUT2D eigenvalue weighted by atomic mass is 35.5. The zero-order valence-corrected chi connectivity index (χ0v) is 25.7. The average Bonchev–Trinajstić information content (AvgIpc) is 3.00. The van der Waals surface area contributed by atoms with Crippen molar-refractivity contribution in [2.24, 2.45) is 0 Å². The van der Waals surface area contributed by atoms with Crippen LogP contribution >= 0.6 is 11.6 Å². The van der Waals surface area contributed by atoms with E-state index >= 15 is 0 Å². The molecule has 5 rings (SSSR count). The highest BCUT2D eigenvalue weighted by Gasteiger charge is 2.39. The quantitative estimate of drug-likeness (QED) is 0.426. The predicted octanol–water partition coefficient (Wildman–Crippen LogP) is 5.08. The fourth-order valence-electron chi connectivity index (χ4n) is 5.64. The maximum Gasteiger partial charge on any atom is 0.411 e. The zero-order chi connectivity index (χ0) is 30.6. The lowest BCUT2D eigenvalue weighted by molar-refractivity contribution is -0.138. The number of fused-ring (bicyclic) bond motifs is 1. The van der Waals surface area contributed by atoms with E-state index in [9.17, 15) is 14.4 Å². The maximum absolute atomic E-state index is 14.0. The van der Waals surface area contributed by atoms with Crippen LogP contribution in [0.5, 0.6) is 0 Å². The molecule has 3 amide bonds. The summed E-state index contributed by atoms with van der Waals surface area (Å²) in [5.41, 5.74) is 3.26. The van der Waals surface area contributed by atoms with Gasteiger partial charge in [0.05, 0.1) is 6.54 Å². The Hall–Kier alpha value is -4.04. The molecular weight excluding hydrogens is 564 g/mol. The van der Waals surface area contributed by atoms with Crippen LogP contribution in [0.15, 0.2) is 78.9 Å². The Balaban J connectivity index is 1.36. The predicted molar refractivity (Wildman–Crippen MR) is 168 cm³/mol. The Labute approximate surface area is 258 Å².